The lowest BCUT2D eigenvalue weighted by atomic mass is 10.3. The Kier molecular flexibility index (Phi) is 4.37. The number of hydrogen-bond acceptors (Lipinski definition) is 3. The van der Waals surface area contributed by atoms with Crippen LogP contribution in [-0.4, -0.2) is 15.0 Å². The minimum absolute atomic E-state index is 0.00523. The highest BCUT2D eigenvalue weighted by Gasteiger charge is 2.16. The van der Waals surface area contributed by atoms with Gasteiger partial charge in [0.2, 0.25) is 10.0 Å². The highest BCUT2D eigenvalue weighted by atomic mass is 79.9. The lowest BCUT2D eigenvalue weighted by Crippen LogP contribution is -2.25. The lowest BCUT2D eigenvalue weighted by Gasteiger charge is -2.08. The molecule has 0 atom stereocenters. The molecule has 88 valence electrons. The van der Waals surface area contributed by atoms with Gasteiger partial charge in [-0.1, -0.05) is 34.1 Å². The van der Waals surface area contributed by atoms with Crippen molar-refractivity contribution in [2.24, 2.45) is 0 Å². The van der Waals surface area contributed by atoms with E-state index >= 15 is 0 Å². The van der Waals surface area contributed by atoms with Gasteiger partial charge in [-0.2, -0.15) is 0 Å². The van der Waals surface area contributed by atoms with Gasteiger partial charge in [-0.05, 0) is 18.2 Å². The Bertz CT molecular complexity index is 516. The molecule has 0 aliphatic heterocycles. The zero-order valence-electron chi connectivity index (χ0n) is 8.20. The van der Waals surface area contributed by atoms with Crippen LogP contribution in [0.1, 0.15) is 0 Å². The molecule has 0 aliphatic carbocycles. The van der Waals surface area contributed by atoms with Crippen LogP contribution in [0.15, 0.2) is 34.2 Å². The van der Waals surface area contributed by atoms with Crippen molar-refractivity contribution in [3.63, 3.8) is 0 Å². The van der Waals surface area contributed by atoms with Crippen LogP contribution in [0.5, 0.6) is 0 Å². The zero-order valence-corrected chi connectivity index (χ0v) is 11.4. The predicted molar refractivity (Wildman–Crippen MR) is 69.1 cm³/mol. The molecule has 0 saturated carbocycles. The fourth-order valence-corrected chi connectivity index (χ4v) is 2.66. The van der Waals surface area contributed by atoms with Crippen molar-refractivity contribution >= 4 is 43.2 Å². The normalized spacial score (nSPS) is 11.4. The van der Waals surface area contributed by atoms with Gasteiger partial charge in [0.1, 0.15) is 4.90 Å². The minimum Gasteiger partial charge on any atom is -0.398 e. The Hall–Kier alpha value is -0.560. The van der Waals surface area contributed by atoms with Crippen molar-refractivity contribution in [3.8, 4) is 0 Å². The van der Waals surface area contributed by atoms with Gasteiger partial charge in [0.25, 0.3) is 0 Å². The Balaban J connectivity index is 3.03. The number of nitrogens with two attached hydrogens (primary N) is 1. The van der Waals surface area contributed by atoms with Gasteiger partial charge in [0.05, 0.1) is 5.69 Å². The third kappa shape index (κ3) is 3.48. The third-order valence-electron chi connectivity index (χ3n) is 1.72. The minimum atomic E-state index is -3.63. The number of hydrogen-bond donors (Lipinski definition) is 2. The van der Waals surface area contributed by atoms with E-state index in [1.807, 2.05) is 0 Å². The highest BCUT2D eigenvalue weighted by molar-refractivity contribution is 9.11. The fraction of sp³-hybridized carbons (Fsp3) is 0.111. The Morgan fingerprint density at radius 3 is 2.69 bits per heavy atom. The molecular weight excluding hydrogens is 316 g/mol. The monoisotopic (exact) mass is 324 g/mol. The first kappa shape index (κ1) is 13.5. The number of sulfonamides is 1. The maximum Gasteiger partial charge on any atom is 0.242 e. The number of nitrogen functional groups attached to an aromatic ring is 1. The van der Waals surface area contributed by atoms with E-state index in [1.165, 1.54) is 18.2 Å². The molecule has 0 bridgehead atoms. The summed E-state index contributed by atoms with van der Waals surface area (Å²) >= 11 is 8.73. The van der Waals surface area contributed by atoms with Crippen LogP contribution in [0, 0.1) is 0 Å². The van der Waals surface area contributed by atoms with Gasteiger partial charge in [-0.25, -0.2) is 13.1 Å². The number of anilines is 1. The van der Waals surface area contributed by atoms with Gasteiger partial charge >= 0.3 is 0 Å². The number of rotatable bonds is 4. The van der Waals surface area contributed by atoms with Crippen molar-refractivity contribution in [1.29, 1.82) is 0 Å². The van der Waals surface area contributed by atoms with Gasteiger partial charge in [-0.15, -0.1) is 0 Å². The molecule has 7 heteroatoms. The predicted octanol–water partition coefficient (Wildman–Crippen LogP) is 2.11. The second kappa shape index (κ2) is 5.18. The second-order valence-corrected chi connectivity index (χ2v) is 6.32. The van der Waals surface area contributed by atoms with Crippen molar-refractivity contribution in [3.05, 3.63) is 34.3 Å². The van der Waals surface area contributed by atoms with E-state index in [0.29, 0.717) is 9.51 Å². The molecule has 0 aromatic heterocycles. The van der Waals surface area contributed by atoms with Crippen LogP contribution in [0.3, 0.4) is 0 Å². The molecular formula is C9H10BrClN2O2S. The molecule has 3 N–H and O–H groups in total. The van der Waals surface area contributed by atoms with Crippen LogP contribution in [0.2, 0.25) is 5.02 Å². The summed E-state index contributed by atoms with van der Waals surface area (Å²) in [6.45, 7) is 3.63. The zero-order chi connectivity index (χ0) is 12.3. The summed E-state index contributed by atoms with van der Waals surface area (Å²) in [7, 11) is -3.63. The summed E-state index contributed by atoms with van der Waals surface area (Å²) in [5.74, 6) is 0. The van der Waals surface area contributed by atoms with Gasteiger partial charge in [0.15, 0.2) is 0 Å². The third-order valence-corrected chi connectivity index (χ3v) is 3.71. The summed E-state index contributed by atoms with van der Waals surface area (Å²) in [6.07, 6.45) is 0. The van der Waals surface area contributed by atoms with E-state index in [-0.39, 0.29) is 17.1 Å². The summed E-state index contributed by atoms with van der Waals surface area (Å²) < 4.78 is 26.4. The number of halogens is 2. The van der Waals surface area contributed by atoms with E-state index in [4.69, 9.17) is 17.3 Å². The van der Waals surface area contributed by atoms with E-state index in [0.717, 1.165) is 0 Å². The molecule has 0 amide bonds. The topological polar surface area (TPSA) is 72.2 Å². The molecule has 0 unspecified atom stereocenters. The lowest BCUT2D eigenvalue weighted by molar-refractivity contribution is 0.586. The maximum atomic E-state index is 11.8. The number of benzene rings is 1. The summed E-state index contributed by atoms with van der Waals surface area (Å²) in [4.78, 5) is 0.00523. The summed E-state index contributed by atoms with van der Waals surface area (Å²) in [5, 5.41) is 0.390. The molecule has 1 aromatic rings. The van der Waals surface area contributed by atoms with Crippen molar-refractivity contribution < 1.29 is 8.42 Å². The van der Waals surface area contributed by atoms with Crippen molar-refractivity contribution in [2.45, 2.75) is 4.90 Å². The summed E-state index contributed by atoms with van der Waals surface area (Å²) in [5.41, 5.74) is 5.69. The molecule has 0 spiro atoms. The molecule has 0 aliphatic rings. The van der Waals surface area contributed by atoms with Crippen LogP contribution in [-0.2, 0) is 10.0 Å². The van der Waals surface area contributed by atoms with E-state index in [9.17, 15) is 8.42 Å². The van der Waals surface area contributed by atoms with Gasteiger partial charge in [-0.3, -0.25) is 0 Å². The van der Waals surface area contributed by atoms with Gasteiger partial charge in [0, 0.05) is 16.0 Å². The Morgan fingerprint density at radius 2 is 2.19 bits per heavy atom. The second-order valence-electron chi connectivity index (χ2n) is 3.02. The quantitative estimate of drug-likeness (QED) is 0.833. The Labute approximate surface area is 108 Å². The Morgan fingerprint density at radius 1 is 1.56 bits per heavy atom. The average Bonchev–Trinajstić information content (AvgIpc) is 2.14. The molecule has 16 heavy (non-hydrogen) atoms. The van der Waals surface area contributed by atoms with Crippen LogP contribution < -0.4 is 10.5 Å². The highest BCUT2D eigenvalue weighted by Crippen LogP contribution is 2.22. The van der Waals surface area contributed by atoms with Crippen molar-refractivity contribution in [2.75, 3.05) is 12.3 Å². The van der Waals surface area contributed by atoms with Gasteiger partial charge < -0.3 is 5.73 Å². The largest absolute Gasteiger partial charge is 0.398 e. The molecule has 0 radical (unpaired) electrons. The molecule has 0 fully saturated rings. The van der Waals surface area contributed by atoms with Crippen LogP contribution in [0.25, 0.3) is 0 Å². The maximum absolute atomic E-state index is 11.8. The van der Waals surface area contributed by atoms with Crippen molar-refractivity contribution in [1.82, 2.24) is 4.72 Å². The molecule has 4 nitrogen and oxygen atoms in total. The first-order valence-electron chi connectivity index (χ1n) is 4.21. The van der Waals surface area contributed by atoms with E-state index in [1.54, 1.807) is 0 Å². The first-order chi connectivity index (χ1) is 7.33. The molecule has 1 aromatic carbocycles. The van der Waals surface area contributed by atoms with E-state index in [2.05, 4.69) is 27.2 Å². The molecule has 1 rings (SSSR count). The van der Waals surface area contributed by atoms with Crippen LogP contribution >= 0.6 is 27.5 Å². The number of nitrogens with one attached hydrogen (secondary N) is 1. The summed E-state index contributed by atoms with van der Waals surface area (Å²) in [6, 6.07) is 4.21. The standard InChI is InChI=1S/C9H10BrClN2O2S/c1-6(10)5-13-16(14,15)9-3-2-7(11)4-8(9)12/h2-4,13H,1,5,12H2. The first-order valence-corrected chi connectivity index (χ1v) is 6.86. The smallest absolute Gasteiger partial charge is 0.242 e. The van der Waals surface area contributed by atoms with Crippen LogP contribution in [0.4, 0.5) is 5.69 Å². The average molecular weight is 326 g/mol. The van der Waals surface area contributed by atoms with E-state index < -0.39 is 10.0 Å². The SMILES string of the molecule is C=C(Br)CNS(=O)(=O)c1ccc(Cl)cc1N. The molecule has 0 saturated heterocycles. The fourth-order valence-electron chi connectivity index (χ4n) is 1.02. The molecule has 0 heterocycles.